The molecule has 0 aliphatic heterocycles. The summed E-state index contributed by atoms with van der Waals surface area (Å²) in [4.78, 5) is 12.2. The van der Waals surface area contributed by atoms with E-state index in [4.69, 9.17) is 51.1 Å². The zero-order chi connectivity index (χ0) is 15.6. The van der Waals surface area contributed by atoms with Crippen LogP contribution in [0.3, 0.4) is 0 Å². The molecule has 2 aromatic carbocycles. The molecule has 0 aliphatic rings. The van der Waals surface area contributed by atoms with E-state index in [0.29, 0.717) is 21.5 Å². The fraction of sp³-hybridized carbons (Fsp3) is 0.0714. The van der Waals surface area contributed by atoms with Crippen molar-refractivity contribution in [1.82, 2.24) is 0 Å². The average molecular weight is 365 g/mol. The number of nitrogens with one attached hydrogen (secondary N) is 1. The largest absolute Gasteiger partial charge is 0.494 e. The second-order valence-corrected chi connectivity index (χ2v) is 5.71. The van der Waals surface area contributed by atoms with E-state index >= 15 is 0 Å². The van der Waals surface area contributed by atoms with Crippen molar-refractivity contribution in [1.29, 1.82) is 0 Å². The Morgan fingerprint density at radius 2 is 1.62 bits per heavy atom. The molecule has 0 heterocycles. The maximum atomic E-state index is 12.2. The van der Waals surface area contributed by atoms with Crippen LogP contribution in [-0.4, -0.2) is 13.0 Å². The van der Waals surface area contributed by atoms with Crippen LogP contribution in [0, 0.1) is 0 Å². The van der Waals surface area contributed by atoms with Gasteiger partial charge in [0.05, 0.1) is 27.9 Å². The molecule has 110 valence electrons. The molecule has 2 rings (SSSR count). The predicted octanol–water partition coefficient (Wildman–Crippen LogP) is 5.56. The number of anilines is 1. The van der Waals surface area contributed by atoms with Crippen molar-refractivity contribution in [2.45, 2.75) is 0 Å². The lowest BCUT2D eigenvalue weighted by molar-refractivity contribution is 0.102. The third-order valence-electron chi connectivity index (χ3n) is 2.64. The van der Waals surface area contributed by atoms with Gasteiger partial charge in [-0.25, -0.2) is 0 Å². The zero-order valence-electron chi connectivity index (χ0n) is 10.7. The third-order valence-corrected chi connectivity index (χ3v) is 3.75. The van der Waals surface area contributed by atoms with E-state index in [0.717, 1.165) is 0 Å². The number of amides is 1. The molecular formula is C14H9Cl4NO2. The van der Waals surface area contributed by atoms with E-state index in [9.17, 15) is 4.79 Å². The first-order chi connectivity index (χ1) is 9.92. The number of methoxy groups -OCH3 is 1. The van der Waals surface area contributed by atoms with E-state index in [-0.39, 0.29) is 15.6 Å². The van der Waals surface area contributed by atoms with Crippen LogP contribution in [0.4, 0.5) is 5.69 Å². The van der Waals surface area contributed by atoms with Crippen LogP contribution in [0.25, 0.3) is 0 Å². The first-order valence-electron chi connectivity index (χ1n) is 5.72. The Labute approximate surface area is 141 Å². The lowest BCUT2D eigenvalue weighted by atomic mass is 10.2. The molecule has 0 atom stereocenters. The van der Waals surface area contributed by atoms with Crippen molar-refractivity contribution < 1.29 is 9.53 Å². The number of ether oxygens (including phenoxy) is 1. The van der Waals surface area contributed by atoms with Crippen molar-refractivity contribution in [3.05, 3.63) is 56.0 Å². The minimum absolute atomic E-state index is 0.248. The molecule has 0 saturated heterocycles. The molecule has 0 unspecified atom stereocenters. The molecule has 0 fully saturated rings. The lowest BCUT2D eigenvalue weighted by Crippen LogP contribution is -2.12. The van der Waals surface area contributed by atoms with Gasteiger partial charge < -0.3 is 10.1 Å². The van der Waals surface area contributed by atoms with Crippen LogP contribution in [-0.2, 0) is 0 Å². The van der Waals surface area contributed by atoms with Crippen LogP contribution in [0.5, 0.6) is 5.75 Å². The second-order valence-electron chi connectivity index (χ2n) is 4.05. The monoisotopic (exact) mass is 363 g/mol. The number of hydrogen-bond acceptors (Lipinski definition) is 2. The van der Waals surface area contributed by atoms with Crippen LogP contribution in [0.1, 0.15) is 10.4 Å². The standard InChI is InChI=1S/C14H9Cl4NO2/c1-21-13-10(17)4-7(5-11(13)18)14(20)19-12-3-2-8(15)6-9(12)16/h2-6H,1H3,(H,19,20). The maximum absolute atomic E-state index is 12.2. The summed E-state index contributed by atoms with van der Waals surface area (Å²) in [6, 6.07) is 7.69. The van der Waals surface area contributed by atoms with Crippen LogP contribution in [0.2, 0.25) is 20.1 Å². The van der Waals surface area contributed by atoms with E-state index in [2.05, 4.69) is 5.32 Å². The van der Waals surface area contributed by atoms with Crippen molar-refractivity contribution >= 4 is 58.0 Å². The summed E-state index contributed by atoms with van der Waals surface area (Å²) in [5.74, 6) is -0.0786. The Balaban J connectivity index is 2.28. The Morgan fingerprint density at radius 1 is 1.00 bits per heavy atom. The van der Waals surface area contributed by atoms with Gasteiger partial charge in [0.1, 0.15) is 0 Å². The number of carbonyl (C=O) groups is 1. The highest BCUT2D eigenvalue weighted by molar-refractivity contribution is 6.38. The minimum Gasteiger partial charge on any atom is -0.494 e. The first-order valence-corrected chi connectivity index (χ1v) is 7.23. The summed E-state index contributed by atoms with van der Waals surface area (Å²) in [5, 5.41) is 3.97. The van der Waals surface area contributed by atoms with Crippen LogP contribution < -0.4 is 10.1 Å². The number of hydrogen-bond donors (Lipinski definition) is 1. The van der Waals surface area contributed by atoms with Crippen molar-refractivity contribution in [2.75, 3.05) is 12.4 Å². The van der Waals surface area contributed by atoms with Gasteiger partial charge in [0.15, 0.2) is 5.75 Å². The molecule has 1 N–H and O–H groups in total. The normalized spacial score (nSPS) is 10.3. The Bertz CT molecular complexity index is 680. The lowest BCUT2D eigenvalue weighted by Gasteiger charge is -2.10. The van der Waals surface area contributed by atoms with Crippen molar-refractivity contribution in [3.63, 3.8) is 0 Å². The Hall–Kier alpha value is -1.13. The Kier molecular flexibility index (Phi) is 5.22. The summed E-state index contributed by atoms with van der Waals surface area (Å²) in [6.07, 6.45) is 0. The molecule has 2 aromatic rings. The first kappa shape index (κ1) is 16.2. The van der Waals surface area contributed by atoms with E-state index in [1.54, 1.807) is 12.1 Å². The van der Waals surface area contributed by atoms with Crippen molar-refractivity contribution in [2.24, 2.45) is 0 Å². The van der Waals surface area contributed by atoms with Gasteiger partial charge >= 0.3 is 0 Å². The molecular weight excluding hydrogens is 356 g/mol. The molecule has 0 aliphatic carbocycles. The maximum Gasteiger partial charge on any atom is 0.255 e. The predicted molar refractivity (Wildman–Crippen MR) is 87.4 cm³/mol. The molecule has 21 heavy (non-hydrogen) atoms. The fourth-order valence-electron chi connectivity index (χ4n) is 1.67. The van der Waals surface area contributed by atoms with E-state index < -0.39 is 5.91 Å². The Morgan fingerprint density at radius 3 is 2.14 bits per heavy atom. The molecule has 0 aromatic heterocycles. The third kappa shape index (κ3) is 3.74. The van der Waals surface area contributed by atoms with E-state index in [1.807, 2.05) is 0 Å². The second kappa shape index (κ2) is 6.75. The highest BCUT2D eigenvalue weighted by Gasteiger charge is 2.14. The minimum atomic E-state index is -0.398. The zero-order valence-corrected chi connectivity index (χ0v) is 13.7. The summed E-state index contributed by atoms with van der Waals surface area (Å²) < 4.78 is 5.03. The number of halogens is 4. The number of rotatable bonds is 3. The molecule has 7 heteroatoms. The summed E-state index contributed by atoms with van der Waals surface area (Å²) in [6.45, 7) is 0. The van der Waals surface area contributed by atoms with Gasteiger partial charge in [0, 0.05) is 10.6 Å². The van der Waals surface area contributed by atoms with Gasteiger partial charge in [-0.15, -0.1) is 0 Å². The molecule has 0 radical (unpaired) electrons. The fourth-order valence-corrected chi connectivity index (χ4v) is 2.77. The molecule has 0 spiro atoms. The molecule has 3 nitrogen and oxygen atoms in total. The summed E-state index contributed by atoms with van der Waals surface area (Å²) in [7, 11) is 1.44. The van der Waals surface area contributed by atoms with Gasteiger partial charge in [0.25, 0.3) is 5.91 Å². The topological polar surface area (TPSA) is 38.3 Å². The molecule has 0 saturated carbocycles. The molecule has 0 bridgehead atoms. The summed E-state index contributed by atoms with van der Waals surface area (Å²) in [5.41, 5.74) is 0.728. The highest BCUT2D eigenvalue weighted by atomic mass is 35.5. The number of carbonyl (C=O) groups excluding carboxylic acids is 1. The van der Waals surface area contributed by atoms with Gasteiger partial charge in [-0.1, -0.05) is 46.4 Å². The van der Waals surface area contributed by atoms with Gasteiger partial charge in [0.2, 0.25) is 0 Å². The van der Waals surface area contributed by atoms with Gasteiger partial charge in [-0.05, 0) is 30.3 Å². The SMILES string of the molecule is COc1c(Cl)cc(C(=O)Nc2ccc(Cl)cc2Cl)cc1Cl. The molecule has 1 amide bonds. The van der Waals surface area contributed by atoms with E-state index in [1.165, 1.54) is 25.3 Å². The highest BCUT2D eigenvalue weighted by Crippen LogP contribution is 2.34. The van der Waals surface area contributed by atoms with Crippen LogP contribution >= 0.6 is 46.4 Å². The average Bonchev–Trinajstić information content (AvgIpc) is 2.41. The summed E-state index contributed by atoms with van der Waals surface area (Å²) >= 11 is 23.8. The number of benzene rings is 2. The van der Waals surface area contributed by atoms with Gasteiger partial charge in [-0.3, -0.25) is 4.79 Å². The van der Waals surface area contributed by atoms with Crippen LogP contribution in [0.15, 0.2) is 30.3 Å². The smallest absolute Gasteiger partial charge is 0.255 e. The quantitative estimate of drug-likeness (QED) is 0.773. The van der Waals surface area contributed by atoms with Crippen molar-refractivity contribution in [3.8, 4) is 5.75 Å². The van der Waals surface area contributed by atoms with Gasteiger partial charge in [-0.2, -0.15) is 0 Å².